The Morgan fingerprint density at radius 1 is 1.33 bits per heavy atom. The molecule has 0 bridgehead atoms. The molecule has 1 amide bonds. The number of aliphatic hydroxyl groups excluding tert-OH is 1. The molecule has 0 saturated heterocycles. The molecule has 1 aromatic rings. The molecule has 0 radical (unpaired) electrons. The topological polar surface area (TPSA) is 95.1 Å². The number of carbonyl (C=O) groups excluding carboxylic acids is 1. The highest BCUT2D eigenvalue weighted by atomic mass is 16.3. The van der Waals surface area contributed by atoms with Crippen molar-refractivity contribution in [2.45, 2.75) is 46.0 Å². The van der Waals surface area contributed by atoms with E-state index >= 15 is 0 Å². The highest BCUT2D eigenvalue weighted by Gasteiger charge is 2.32. The summed E-state index contributed by atoms with van der Waals surface area (Å²) in [5.74, 6) is -0.391. The van der Waals surface area contributed by atoms with Gasteiger partial charge in [-0.15, -0.1) is 0 Å². The normalized spacial score (nSPS) is 17.5. The Morgan fingerprint density at radius 2 is 2.00 bits per heavy atom. The minimum atomic E-state index is -0.475. The molecular weight excluding hydrogens is 270 g/mol. The van der Waals surface area contributed by atoms with Crippen molar-refractivity contribution in [3.8, 4) is 0 Å². The molecule has 0 spiro atoms. The van der Waals surface area contributed by atoms with Crippen LogP contribution in [0.4, 0.5) is 0 Å². The summed E-state index contributed by atoms with van der Waals surface area (Å²) in [4.78, 5) is 24.1. The molecule has 0 unspecified atom stereocenters. The molecule has 0 aromatic carbocycles. The second-order valence-corrected chi connectivity index (χ2v) is 6.04. The van der Waals surface area contributed by atoms with Gasteiger partial charge in [0, 0.05) is 12.0 Å². The third kappa shape index (κ3) is 3.32. The number of nitrogens with zero attached hydrogens (tertiary/aromatic N) is 1. The maximum absolute atomic E-state index is 12.3. The van der Waals surface area contributed by atoms with E-state index in [4.69, 9.17) is 0 Å². The zero-order valence-corrected chi connectivity index (χ0v) is 12.7. The molecular formula is C15H23N3O3. The van der Waals surface area contributed by atoms with Crippen LogP contribution in [0.2, 0.25) is 0 Å². The first-order valence-corrected chi connectivity index (χ1v) is 7.44. The van der Waals surface area contributed by atoms with Crippen LogP contribution in [-0.4, -0.2) is 34.4 Å². The van der Waals surface area contributed by atoms with Gasteiger partial charge in [0.05, 0.1) is 12.3 Å². The molecule has 1 aliphatic carbocycles. The van der Waals surface area contributed by atoms with Gasteiger partial charge < -0.3 is 10.4 Å². The van der Waals surface area contributed by atoms with Crippen LogP contribution in [0.25, 0.3) is 0 Å². The number of nitrogens with one attached hydrogen (secondary N) is 2. The number of amides is 1. The predicted octanol–water partition coefficient (Wildman–Crippen LogP) is 1.06. The van der Waals surface area contributed by atoms with E-state index in [2.05, 4.69) is 15.5 Å². The van der Waals surface area contributed by atoms with E-state index in [9.17, 15) is 14.7 Å². The highest BCUT2D eigenvalue weighted by molar-refractivity contribution is 5.95. The number of carbonyl (C=O) groups is 1. The quantitative estimate of drug-likeness (QED) is 0.773. The Labute approximate surface area is 124 Å². The van der Waals surface area contributed by atoms with Gasteiger partial charge in [-0.05, 0) is 32.3 Å². The van der Waals surface area contributed by atoms with E-state index < -0.39 is 11.5 Å². The lowest BCUT2D eigenvalue weighted by Crippen LogP contribution is -2.43. The van der Waals surface area contributed by atoms with E-state index in [1.165, 1.54) is 6.42 Å². The number of aromatic nitrogens is 2. The van der Waals surface area contributed by atoms with Crippen molar-refractivity contribution < 1.29 is 9.90 Å². The van der Waals surface area contributed by atoms with Gasteiger partial charge in [0.2, 0.25) is 0 Å². The van der Waals surface area contributed by atoms with Crippen LogP contribution >= 0.6 is 0 Å². The molecule has 116 valence electrons. The van der Waals surface area contributed by atoms with Gasteiger partial charge in [0.25, 0.3) is 11.5 Å². The van der Waals surface area contributed by atoms with Crippen LogP contribution in [-0.2, 0) is 0 Å². The molecule has 3 N–H and O–H groups in total. The van der Waals surface area contributed by atoms with Crippen LogP contribution in [0.15, 0.2) is 4.79 Å². The van der Waals surface area contributed by atoms with Crippen LogP contribution in [0.1, 0.15) is 53.7 Å². The molecule has 0 aliphatic heterocycles. The summed E-state index contributed by atoms with van der Waals surface area (Å²) in [6.45, 7) is 3.94. The van der Waals surface area contributed by atoms with Crippen LogP contribution < -0.4 is 10.9 Å². The molecule has 2 rings (SSSR count). The maximum atomic E-state index is 12.3. The first-order chi connectivity index (χ1) is 9.99. The lowest BCUT2D eigenvalue weighted by atomic mass is 9.74. The van der Waals surface area contributed by atoms with E-state index in [0.29, 0.717) is 17.8 Å². The summed E-state index contributed by atoms with van der Waals surface area (Å²) in [7, 11) is 0. The smallest absolute Gasteiger partial charge is 0.277 e. The number of rotatable bonds is 4. The van der Waals surface area contributed by atoms with Crippen molar-refractivity contribution in [3.05, 3.63) is 27.2 Å². The van der Waals surface area contributed by atoms with E-state index in [1.807, 2.05) is 0 Å². The Balaban J connectivity index is 2.12. The number of aromatic amines is 1. The molecule has 1 aromatic heterocycles. The van der Waals surface area contributed by atoms with Gasteiger partial charge in [-0.3, -0.25) is 9.59 Å². The molecule has 6 heteroatoms. The summed E-state index contributed by atoms with van der Waals surface area (Å²) in [6.07, 6.45) is 5.15. The standard InChI is InChI=1S/C15H23N3O3/c1-10-11(2)17-18-14(21)12(10)13(20)16-8-15(9-19)6-4-3-5-7-15/h19H,3-9H2,1-2H3,(H,16,20)(H,18,21). The summed E-state index contributed by atoms with van der Waals surface area (Å²) < 4.78 is 0. The maximum Gasteiger partial charge on any atom is 0.277 e. The Hall–Kier alpha value is -1.69. The summed E-state index contributed by atoms with van der Waals surface area (Å²) in [6, 6.07) is 0. The van der Waals surface area contributed by atoms with Crippen LogP contribution in [0.3, 0.4) is 0 Å². The SMILES string of the molecule is Cc1n[nH]c(=O)c(C(=O)NCC2(CO)CCCCC2)c1C. The summed E-state index contributed by atoms with van der Waals surface area (Å²) >= 11 is 0. The van der Waals surface area contributed by atoms with Crippen molar-refractivity contribution >= 4 is 5.91 Å². The minimum absolute atomic E-state index is 0.0675. The van der Waals surface area contributed by atoms with Gasteiger partial charge in [-0.1, -0.05) is 19.3 Å². The average Bonchev–Trinajstić information content (AvgIpc) is 2.50. The Morgan fingerprint density at radius 3 is 2.62 bits per heavy atom. The zero-order chi connectivity index (χ0) is 15.5. The monoisotopic (exact) mass is 293 g/mol. The fourth-order valence-electron chi connectivity index (χ4n) is 2.95. The van der Waals surface area contributed by atoms with Gasteiger partial charge in [-0.25, -0.2) is 5.10 Å². The molecule has 1 heterocycles. The lowest BCUT2D eigenvalue weighted by Gasteiger charge is -2.35. The fourth-order valence-corrected chi connectivity index (χ4v) is 2.95. The summed E-state index contributed by atoms with van der Waals surface area (Å²) in [5, 5.41) is 18.7. The number of hydrogen-bond donors (Lipinski definition) is 3. The molecule has 1 aliphatic rings. The Kier molecular flexibility index (Phi) is 4.77. The van der Waals surface area contributed by atoms with Crippen molar-refractivity contribution in [1.82, 2.24) is 15.5 Å². The molecule has 0 atom stereocenters. The first-order valence-electron chi connectivity index (χ1n) is 7.44. The van der Waals surface area contributed by atoms with Gasteiger partial charge in [0.15, 0.2) is 0 Å². The first kappa shape index (κ1) is 15.7. The van der Waals surface area contributed by atoms with Gasteiger partial charge in [0.1, 0.15) is 5.56 Å². The van der Waals surface area contributed by atoms with E-state index in [-0.39, 0.29) is 17.6 Å². The van der Waals surface area contributed by atoms with Crippen molar-refractivity contribution in [3.63, 3.8) is 0 Å². The molecule has 1 saturated carbocycles. The number of H-pyrrole nitrogens is 1. The van der Waals surface area contributed by atoms with Crippen LogP contribution in [0, 0.1) is 19.3 Å². The third-order valence-electron chi connectivity index (χ3n) is 4.57. The Bertz CT molecular complexity index is 574. The average molecular weight is 293 g/mol. The van der Waals surface area contributed by atoms with Gasteiger partial charge >= 0.3 is 0 Å². The summed E-state index contributed by atoms with van der Waals surface area (Å²) in [5.41, 5.74) is 0.632. The van der Waals surface area contributed by atoms with E-state index in [0.717, 1.165) is 25.7 Å². The number of aliphatic hydroxyl groups is 1. The second-order valence-electron chi connectivity index (χ2n) is 6.04. The lowest BCUT2D eigenvalue weighted by molar-refractivity contribution is 0.0717. The van der Waals surface area contributed by atoms with Gasteiger partial charge in [-0.2, -0.15) is 5.10 Å². The fraction of sp³-hybridized carbons (Fsp3) is 0.667. The predicted molar refractivity (Wildman–Crippen MR) is 79.3 cm³/mol. The largest absolute Gasteiger partial charge is 0.396 e. The van der Waals surface area contributed by atoms with E-state index in [1.54, 1.807) is 13.8 Å². The number of hydrogen-bond acceptors (Lipinski definition) is 4. The second kappa shape index (κ2) is 6.39. The minimum Gasteiger partial charge on any atom is -0.396 e. The zero-order valence-electron chi connectivity index (χ0n) is 12.7. The van der Waals surface area contributed by atoms with Crippen molar-refractivity contribution in [1.29, 1.82) is 0 Å². The molecule has 6 nitrogen and oxygen atoms in total. The van der Waals surface area contributed by atoms with Crippen molar-refractivity contribution in [2.75, 3.05) is 13.2 Å². The third-order valence-corrected chi connectivity index (χ3v) is 4.57. The molecule has 1 fully saturated rings. The molecule has 21 heavy (non-hydrogen) atoms. The highest BCUT2D eigenvalue weighted by Crippen LogP contribution is 2.35. The van der Waals surface area contributed by atoms with Crippen molar-refractivity contribution in [2.24, 2.45) is 5.41 Å². The van der Waals surface area contributed by atoms with Crippen LogP contribution in [0.5, 0.6) is 0 Å². The number of aryl methyl sites for hydroxylation is 1.